The first-order chi connectivity index (χ1) is 9.74. The standard InChI is InChI=1S/C11H9N5O4/c17-16(18)10-1-8(3-14-15-5-12-13-6-15)11-9(2-10)4-19-7-20-11/h1-3,5-6H,4,7H2/b14-3+. The van der Waals surface area contributed by atoms with Crippen LogP contribution in [-0.4, -0.2) is 32.8 Å². The number of hydrogen-bond acceptors (Lipinski definition) is 7. The number of fused-ring (bicyclic) bond motifs is 1. The van der Waals surface area contributed by atoms with Gasteiger partial charge in [0.15, 0.2) is 6.79 Å². The molecule has 0 saturated carbocycles. The maximum atomic E-state index is 10.9. The van der Waals surface area contributed by atoms with Crippen LogP contribution in [0, 0.1) is 10.1 Å². The molecule has 0 unspecified atom stereocenters. The molecule has 3 rings (SSSR count). The molecular formula is C11H9N5O4. The zero-order valence-electron chi connectivity index (χ0n) is 10.2. The molecule has 2 heterocycles. The van der Waals surface area contributed by atoms with Crippen LogP contribution >= 0.6 is 0 Å². The average molecular weight is 275 g/mol. The number of hydrogen-bond donors (Lipinski definition) is 0. The molecule has 0 fully saturated rings. The van der Waals surface area contributed by atoms with Gasteiger partial charge in [-0.15, -0.1) is 10.2 Å². The Balaban J connectivity index is 2.03. The van der Waals surface area contributed by atoms with E-state index in [0.29, 0.717) is 16.9 Å². The summed E-state index contributed by atoms with van der Waals surface area (Å²) >= 11 is 0. The maximum absolute atomic E-state index is 10.9. The van der Waals surface area contributed by atoms with E-state index >= 15 is 0 Å². The SMILES string of the molecule is O=[N+]([O-])c1cc(/C=N/n2cnnc2)c2c(c1)COCO2. The number of rotatable bonds is 3. The van der Waals surface area contributed by atoms with E-state index < -0.39 is 4.92 Å². The lowest BCUT2D eigenvalue weighted by Gasteiger charge is -2.19. The Morgan fingerprint density at radius 2 is 2.20 bits per heavy atom. The van der Waals surface area contributed by atoms with Crippen molar-refractivity contribution in [3.63, 3.8) is 0 Å². The lowest BCUT2D eigenvalue weighted by atomic mass is 10.1. The van der Waals surface area contributed by atoms with Crippen molar-refractivity contribution in [1.29, 1.82) is 0 Å². The van der Waals surface area contributed by atoms with Crippen LogP contribution in [0.15, 0.2) is 29.9 Å². The molecule has 9 nitrogen and oxygen atoms in total. The predicted octanol–water partition coefficient (Wildman–Crippen LogP) is 0.935. The summed E-state index contributed by atoms with van der Waals surface area (Å²) in [5.74, 6) is 0.540. The Morgan fingerprint density at radius 1 is 1.40 bits per heavy atom. The topological polar surface area (TPSA) is 105 Å². The van der Waals surface area contributed by atoms with Crippen LogP contribution in [0.2, 0.25) is 0 Å². The second kappa shape index (κ2) is 5.05. The number of non-ortho nitro benzene ring substituents is 1. The monoisotopic (exact) mass is 275 g/mol. The Morgan fingerprint density at radius 3 is 2.95 bits per heavy atom. The van der Waals surface area contributed by atoms with Gasteiger partial charge in [0.2, 0.25) is 0 Å². The van der Waals surface area contributed by atoms with E-state index in [4.69, 9.17) is 9.47 Å². The van der Waals surface area contributed by atoms with Crippen LogP contribution < -0.4 is 4.74 Å². The van der Waals surface area contributed by atoms with Crippen molar-refractivity contribution in [3.8, 4) is 5.75 Å². The van der Waals surface area contributed by atoms with Crippen LogP contribution in [0.4, 0.5) is 5.69 Å². The van der Waals surface area contributed by atoms with Crippen molar-refractivity contribution >= 4 is 11.9 Å². The molecule has 0 amide bonds. The number of nitro groups is 1. The van der Waals surface area contributed by atoms with Gasteiger partial charge in [0.25, 0.3) is 5.69 Å². The van der Waals surface area contributed by atoms with Crippen LogP contribution in [0.1, 0.15) is 11.1 Å². The highest BCUT2D eigenvalue weighted by Crippen LogP contribution is 2.31. The summed E-state index contributed by atoms with van der Waals surface area (Å²) in [6.07, 6.45) is 4.27. The Bertz CT molecular complexity index is 668. The third kappa shape index (κ3) is 2.34. The molecule has 102 valence electrons. The minimum atomic E-state index is -0.467. The summed E-state index contributed by atoms with van der Waals surface area (Å²) in [7, 11) is 0. The van der Waals surface area contributed by atoms with Crippen molar-refractivity contribution < 1.29 is 14.4 Å². The zero-order valence-corrected chi connectivity index (χ0v) is 10.2. The van der Waals surface area contributed by atoms with E-state index in [9.17, 15) is 10.1 Å². The van der Waals surface area contributed by atoms with Gasteiger partial charge in [-0.25, -0.2) is 4.68 Å². The number of benzene rings is 1. The number of aromatic nitrogens is 3. The van der Waals surface area contributed by atoms with E-state index in [2.05, 4.69) is 15.3 Å². The van der Waals surface area contributed by atoms with Crippen LogP contribution in [-0.2, 0) is 11.3 Å². The minimum Gasteiger partial charge on any atom is -0.466 e. The maximum Gasteiger partial charge on any atom is 0.270 e. The molecule has 1 aliphatic rings. The van der Waals surface area contributed by atoms with Gasteiger partial charge in [0.1, 0.15) is 18.4 Å². The van der Waals surface area contributed by atoms with Crippen LogP contribution in [0.25, 0.3) is 0 Å². The first-order valence-electron chi connectivity index (χ1n) is 5.65. The molecule has 0 N–H and O–H groups in total. The van der Waals surface area contributed by atoms with Crippen LogP contribution in [0.3, 0.4) is 0 Å². The van der Waals surface area contributed by atoms with Crippen molar-refractivity contribution in [2.75, 3.05) is 6.79 Å². The van der Waals surface area contributed by atoms with Crippen LogP contribution in [0.5, 0.6) is 5.75 Å². The normalized spacial score (nSPS) is 14.0. The van der Waals surface area contributed by atoms with Gasteiger partial charge >= 0.3 is 0 Å². The molecule has 20 heavy (non-hydrogen) atoms. The quantitative estimate of drug-likeness (QED) is 0.469. The molecule has 0 spiro atoms. The fourth-order valence-electron chi connectivity index (χ4n) is 1.82. The summed E-state index contributed by atoms with van der Waals surface area (Å²) in [6, 6.07) is 2.84. The lowest BCUT2D eigenvalue weighted by molar-refractivity contribution is -0.385. The van der Waals surface area contributed by atoms with Gasteiger partial charge in [-0.3, -0.25) is 10.1 Å². The molecule has 1 aromatic heterocycles. The van der Waals surface area contributed by atoms with E-state index in [0.717, 1.165) is 0 Å². The van der Waals surface area contributed by atoms with E-state index in [-0.39, 0.29) is 19.1 Å². The fourth-order valence-corrected chi connectivity index (χ4v) is 1.82. The van der Waals surface area contributed by atoms with Crippen molar-refractivity contribution in [2.24, 2.45) is 5.10 Å². The molecular weight excluding hydrogens is 266 g/mol. The molecule has 9 heteroatoms. The van der Waals surface area contributed by atoms with Gasteiger partial charge < -0.3 is 9.47 Å². The Hall–Kier alpha value is -2.81. The highest BCUT2D eigenvalue weighted by atomic mass is 16.7. The van der Waals surface area contributed by atoms with Gasteiger partial charge in [0.05, 0.1) is 17.7 Å². The lowest BCUT2D eigenvalue weighted by Crippen LogP contribution is -2.13. The summed E-state index contributed by atoms with van der Waals surface area (Å²) < 4.78 is 11.9. The molecule has 1 aliphatic heterocycles. The summed E-state index contributed by atoms with van der Waals surface area (Å²) in [4.78, 5) is 10.5. The Kier molecular flexibility index (Phi) is 3.09. The Labute approximate surface area is 112 Å². The molecule has 2 aromatic rings. The van der Waals surface area contributed by atoms with Gasteiger partial charge in [-0.05, 0) is 0 Å². The smallest absolute Gasteiger partial charge is 0.270 e. The molecule has 0 saturated heterocycles. The van der Waals surface area contributed by atoms with Crippen molar-refractivity contribution in [1.82, 2.24) is 14.9 Å². The molecule has 0 aliphatic carbocycles. The predicted molar refractivity (Wildman–Crippen MR) is 66.4 cm³/mol. The summed E-state index contributed by atoms with van der Waals surface area (Å²) in [6.45, 7) is 0.378. The zero-order chi connectivity index (χ0) is 13.9. The second-order valence-electron chi connectivity index (χ2n) is 3.98. The highest BCUT2D eigenvalue weighted by molar-refractivity contribution is 5.85. The van der Waals surface area contributed by atoms with Crippen molar-refractivity contribution in [2.45, 2.75) is 6.61 Å². The number of ether oxygens (including phenoxy) is 2. The second-order valence-corrected chi connectivity index (χ2v) is 3.98. The summed E-state index contributed by atoms with van der Waals surface area (Å²) in [5, 5.41) is 22.2. The number of nitrogens with zero attached hydrogens (tertiary/aromatic N) is 5. The van der Waals surface area contributed by atoms with Gasteiger partial charge in [-0.2, -0.15) is 5.10 Å². The average Bonchev–Trinajstić information content (AvgIpc) is 2.97. The van der Waals surface area contributed by atoms with Gasteiger partial charge in [0, 0.05) is 23.3 Å². The first-order valence-corrected chi connectivity index (χ1v) is 5.65. The van der Waals surface area contributed by atoms with E-state index in [1.165, 1.54) is 35.7 Å². The highest BCUT2D eigenvalue weighted by Gasteiger charge is 2.20. The molecule has 0 bridgehead atoms. The fraction of sp³-hybridized carbons (Fsp3) is 0.182. The minimum absolute atomic E-state index is 0.0388. The van der Waals surface area contributed by atoms with Gasteiger partial charge in [-0.1, -0.05) is 0 Å². The first kappa shape index (κ1) is 12.2. The van der Waals surface area contributed by atoms with E-state index in [1.54, 1.807) is 0 Å². The molecule has 0 radical (unpaired) electrons. The number of nitro benzene ring substituents is 1. The third-order valence-corrected chi connectivity index (χ3v) is 2.67. The summed E-state index contributed by atoms with van der Waals surface area (Å²) in [5.41, 5.74) is 1.09. The largest absolute Gasteiger partial charge is 0.466 e. The van der Waals surface area contributed by atoms with E-state index in [1.807, 2.05) is 0 Å². The third-order valence-electron chi connectivity index (χ3n) is 2.67. The molecule has 0 atom stereocenters. The molecule has 1 aromatic carbocycles. The van der Waals surface area contributed by atoms with Crippen molar-refractivity contribution in [3.05, 3.63) is 46.0 Å².